The van der Waals surface area contributed by atoms with Crippen LogP contribution in [0.5, 0.6) is 0 Å². The second-order valence-electron chi connectivity index (χ2n) is 6.30. The molecule has 0 N–H and O–H groups in total. The molecule has 1 aromatic heterocycles. The van der Waals surface area contributed by atoms with E-state index >= 15 is 0 Å². The standard InChI is InChI=1S/C18H19BrN2O2/c1-2-23-18(22)16-15-11-3-5-12(6-4-11)17(15)21(20-16)14-9-7-13(19)8-10-14/h7-12H,2-6H2,1H3. The van der Waals surface area contributed by atoms with Crippen molar-refractivity contribution in [2.75, 3.05) is 6.61 Å². The normalized spacial score (nSPS) is 22.0. The third kappa shape index (κ3) is 2.42. The summed E-state index contributed by atoms with van der Waals surface area (Å²) in [6.07, 6.45) is 4.72. The number of halogens is 1. The molecular formula is C18H19BrN2O2. The van der Waals surface area contributed by atoms with Gasteiger partial charge in [-0.15, -0.1) is 0 Å². The van der Waals surface area contributed by atoms with Gasteiger partial charge in [0.15, 0.2) is 5.69 Å². The molecule has 3 aliphatic carbocycles. The van der Waals surface area contributed by atoms with E-state index in [1.165, 1.54) is 18.5 Å². The number of nitrogens with zero attached hydrogens (tertiary/aromatic N) is 2. The highest BCUT2D eigenvalue weighted by Crippen LogP contribution is 2.51. The fourth-order valence-electron chi connectivity index (χ4n) is 4.02. The first-order valence-electron chi connectivity index (χ1n) is 8.25. The van der Waals surface area contributed by atoms with Gasteiger partial charge in [-0.3, -0.25) is 0 Å². The summed E-state index contributed by atoms with van der Waals surface area (Å²) in [5, 5.41) is 4.68. The second-order valence-corrected chi connectivity index (χ2v) is 7.22. The fraction of sp³-hybridized carbons (Fsp3) is 0.444. The smallest absolute Gasteiger partial charge is 0.359 e. The van der Waals surface area contributed by atoms with Crippen molar-refractivity contribution in [1.29, 1.82) is 0 Å². The molecule has 1 aromatic carbocycles. The van der Waals surface area contributed by atoms with E-state index in [1.807, 2.05) is 35.9 Å². The second kappa shape index (κ2) is 5.78. The maximum Gasteiger partial charge on any atom is 0.359 e. The molecule has 0 amide bonds. The summed E-state index contributed by atoms with van der Waals surface area (Å²) in [5.74, 6) is 0.681. The van der Waals surface area contributed by atoms with Crippen molar-refractivity contribution < 1.29 is 9.53 Å². The van der Waals surface area contributed by atoms with Gasteiger partial charge in [-0.2, -0.15) is 5.10 Å². The number of esters is 1. The number of ether oxygens (including phenoxy) is 1. The van der Waals surface area contributed by atoms with E-state index in [9.17, 15) is 4.79 Å². The summed E-state index contributed by atoms with van der Waals surface area (Å²) in [5.41, 5.74) is 3.92. The lowest BCUT2D eigenvalue weighted by molar-refractivity contribution is 0.0516. The highest BCUT2D eigenvalue weighted by atomic mass is 79.9. The maximum absolute atomic E-state index is 12.4. The van der Waals surface area contributed by atoms with Gasteiger partial charge in [0, 0.05) is 16.0 Å². The first-order valence-corrected chi connectivity index (χ1v) is 9.04. The summed E-state index contributed by atoms with van der Waals surface area (Å²) >= 11 is 3.47. The van der Waals surface area contributed by atoms with E-state index < -0.39 is 0 Å². The predicted octanol–water partition coefficient (Wildman–Crippen LogP) is 4.57. The van der Waals surface area contributed by atoms with Crippen LogP contribution in [0.3, 0.4) is 0 Å². The van der Waals surface area contributed by atoms with Crippen LogP contribution in [0.2, 0.25) is 0 Å². The number of hydrogen-bond donors (Lipinski definition) is 0. The minimum atomic E-state index is -0.285. The molecule has 5 rings (SSSR count). The average Bonchev–Trinajstić information content (AvgIpc) is 3.00. The summed E-state index contributed by atoms with van der Waals surface area (Å²) in [6, 6.07) is 8.09. The summed E-state index contributed by atoms with van der Waals surface area (Å²) in [4.78, 5) is 12.4. The third-order valence-corrected chi connectivity index (χ3v) is 5.55. The lowest BCUT2D eigenvalue weighted by Gasteiger charge is -2.36. The molecule has 4 nitrogen and oxygen atoms in total. The Hall–Kier alpha value is -1.62. The molecule has 2 bridgehead atoms. The fourth-order valence-corrected chi connectivity index (χ4v) is 4.29. The third-order valence-electron chi connectivity index (χ3n) is 5.02. The molecule has 3 aliphatic rings. The van der Waals surface area contributed by atoms with Gasteiger partial charge in [0.2, 0.25) is 0 Å². The van der Waals surface area contributed by atoms with Crippen LogP contribution in [-0.2, 0) is 4.74 Å². The predicted molar refractivity (Wildman–Crippen MR) is 91.2 cm³/mol. The Morgan fingerprint density at radius 3 is 2.52 bits per heavy atom. The number of hydrogen-bond acceptors (Lipinski definition) is 3. The Kier molecular flexibility index (Phi) is 3.76. The van der Waals surface area contributed by atoms with E-state index in [-0.39, 0.29) is 5.97 Å². The van der Waals surface area contributed by atoms with Gasteiger partial charge >= 0.3 is 5.97 Å². The molecule has 120 valence electrons. The molecule has 0 spiro atoms. The van der Waals surface area contributed by atoms with E-state index in [0.29, 0.717) is 24.1 Å². The largest absolute Gasteiger partial charge is 0.461 e. The maximum atomic E-state index is 12.4. The molecule has 0 radical (unpaired) electrons. The van der Waals surface area contributed by atoms with Crippen molar-refractivity contribution in [1.82, 2.24) is 9.78 Å². The van der Waals surface area contributed by atoms with E-state index in [1.54, 1.807) is 0 Å². The summed E-state index contributed by atoms with van der Waals surface area (Å²) in [6.45, 7) is 2.22. The lowest BCUT2D eigenvalue weighted by atomic mass is 9.69. The van der Waals surface area contributed by atoms with E-state index in [0.717, 1.165) is 28.6 Å². The van der Waals surface area contributed by atoms with Crippen LogP contribution < -0.4 is 0 Å². The van der Waals surface area contributed by atoms with Crippen molar-refractivity contribution in [2.24, 2.45) is 0 Å². The highest BCUT2D eigenvalue weighted by molar-refractivity contribution is 9.10. The van der Waals surface area contributed by atoms with Crippen molar-refractivity contribution in [3.8, 4) is 5.69 Å². The van der Waals surface area contributed by atoms with Crippen molar-refractivity contribution in [2.45, 2.75) is 44.4 Å². The number of benzene rings is 1. The number of aromatic nitrogens is 2. The van der Waals surface area contributed by atoms with Crippen LogP contribution in [-0.4, -0.2) is 22.4 Å². The Morgan fingerprint density at radius 1 is 1.22 bits per heavy atom. The van der Waals surface area contributed by atoms with E-state index in [4.69, 9.17) is 4.74 Å². The van der Waals surface area contributed by atoms with Gasteiger partial charge in [0.25, 0.3) is 0 Å². The van der Waals surface area contributed by atoms with Crippen LogP contribution in [0.4, 0.5) is 0 Å². The topological polar surface area (TPSA) is 44.1 Å². The minimum Gasteiger partial charge on any atom is -0.461 e. The van der Waals surface area contributed by atoms with Gasteiger partial charge in [0.1, 0.15) is 0 Å². The molecule has 1 saturated carbocycles. The van der Waals surface area contributed by atoms with Crippen LogP contribution in [0.25, 0.3) is 5.69 Å². The zero-order valence-electron chi connectivity index (χ0n) is 13.1. The van der Waals surface area contributed by atoms with Gasteiger partial charge in [0.05, 0.1) is 18.0 Å². The number of carbonyl (C=O) groups excluding carboxylic acids is 1. The molecule has 2 aromatic rings. The van der Waals surface area contributed by atoms with Crippen molar-refractivity contribution in [3.05, 3.63) is 45.7 Å². The number of rotatable bonds is 3. The Morgan fingerprint density at radius 2 is 1.87 bits per heavy atom. The summed E-state index contributed by atoms with van der Waals surface area (Å²) < 4.78 is 8.26. The SMILES string of the molecule is CCOC(=O)c1nn(-c2ccc(Br)cc2)c2c1C1CCC2CC1. The molecule has 0 aliphatic heterocycles. The number of carbonyl (C=O) groups is 1. The highest BCUT2D eigenvalue weighted by Gasteiger charge is 2.40. The summed E-state index contributed by atoms with van der Waals surface area (Å²) in [7, 11) is 0. The first-order chi connectivity index (χ1) is 11.2. The first kappa shape index (κ1) is 14.9. The molecule has 23 heavy (non-hydrogen) atoms. The van der Waals surface area contributed by atoms with Gasteiger partial charge < -0.3 is 4.74 Å². The van der Waals surface area contributed by atoms with Crippen molar-refractivity contribution in [3.63, 3.8) is 0 Å². The molecule has 5 heteroatoms. The zero-order chi connectivity index (χ0) is 16.0. The van der Waals surface area contributed by atoms with Gasteiger partial charge in [-0.25, -0.2) is 9.48 Å². The molecular weight excluding hydrogens is 356 g/mol. The monoisotopic (exact) mass is 374 g/mol. The Labute approximate surface area is 144 Å². The van der Waals surface area contributed by atoms with Crippen LogP contribution in [0.15, 0.2) is 28.7 Å². The molecule has 0 unspecified atom stereocenters. The zero-order valence-corrected chi connectivity index (χ0v) is 14.7. The Bertz CT molecular complexity index is 743. The van der Waals surface area contributed by atoms with Crippen molar-refractivity contribution >= 4 is 21.9 Å². The quantitative estimate of drug-likeness (QED) is 0.739. The van der Waals surface area contributed by atoms with Crippen LogP contribution in [0.1, 0.15) is 66.2 Å². The number of fused-ring (bicyclic) bond motifs is 2. The minimum absolute atomic E-state index is 0.285. The van der Waals surface area contributed by atoms with Crippen LogP contribution in [0, 0.1) is 0 Å². The molecule has 1 fully saturated rings. The lowest BCUT2D eigenvalue weighted by Crippen LogP contribution is -2.24. The van der Waals surface area contributed by atoms with Crippen LogP contribution >= 0.6 is 15.9 Å². The van der Waals surface area contributed by atoms with Gasteiger partial charge in [-0.05, 0) is 62.8 Å². The molecule has 1 heterocycles. The molecule has 0 atom stereocenters. The average molecular weight is 375 g/mol. The van der Waals surface area contributed by atoms with E-state index in [2.05, 4.69) is 21.0 Å². The Balaban J connectivity index is 1.88. The van der Waals surface area contributed by atoms with Gasteiger partial charge in [-0.1, -0.05) is 15.9 Å². The molecule has 0 saturated heterocycles.